The molecule has 0 fully saturated rings. The third-order valence-electron chi connectivity index (χ3n) is 2.86. The van der Waals surface area contributed by atoms with Gasteiger partial charge in [-0.25, -0.2) is 16.8 Å². The average molecular weight is 336 g/mol. The fourth-order valence-electron chi connectivity index (χ4n) is 1.59. The van der Waals surface area contributed by atoms with Crippen LogP contribution in [-0.2, 0) is 24.6 Å². The monoisotopic (exact) mass is 336 g/mol. The number of ether oxygens (including phenoxy) is 1. The van der Waals surface area contributed by atoms with Gasteiger partial charge >= 0.3 is 0 Å². The molecule has 0 aromatic heterocycles. The SMILES string of the molecule is CCOCCN(C)S(=O)(=O)c1cc(S(C)(=O)=O)ccc1N. The predicted octanol–water partition coefficient (Wildman–Crippen LogP) is 0.329. The van der Waals surface area contributed by atoms with Gasteiger partial charge in [0.05, 0.1) is 17.2 Å². The summed E-state index contributed by atoms with van der Waals surface area (Å²) in [6.07, 6.45) is 1.01. The van der Waals surface area contributed by atoms with Crippen LogP contribution in [-0.4, -0.2) is 54.2 Å². The summed E-state index contributed by atoms with van der Waals surface area (Å²) in [5, 5.41) is 0. The lowest BCUT2D eigenvalue weighted by atomic mass is 10.3. The van der Waals surface area contributed by atoms with Crippen molar-refractivity contribution in [3.05, 3.63) is 18.2 Å². The molecule has 0 saturated carbocycles. The lowest BCUT2D eigenvalue weighted by molar-refractivity contribution is 0.138. The van der Waals surface area contributed by atoms with E-state index in [0.717, 1.165) is 16.6 Å². The van der Waals surface area contributed by atoms with Gasteiger partial charge in [-0.1, -0.05) is 0 Å². The molecule has 0 radical (unpaired) electrons. The smallest absolute Gasteiger partial charge is 0.244 e. The molecule has 0 saturated heterocycles. The van der Waals surface area contributed by atoms with Crippen molar-refractivity contribution in [2.45, 2.75) is 16.7 Å². The molecule has 0 atom stereocenters. The minimum absolute atomic E-state index is 0.00524. The highest BCUT2D eigenvalue weighted by Gasteiger charge is 2.24. The average Bonchev–Trinajstić information content (AvgIpc) is 2.37. The second-order valence-electron chi connectivity index (χ2n) is 4.50. The molecule has 0 unspecified atom stereocenters. The highest BCUT2D eigenvalue weighted by atomic mass is 32.2. The lowest BCUT2D eigenvalue weighted by Gasteiger charge is -2.18. The molecular formula is C12H20N2O5S2. The molecule has 0 aliphatic heterocycles. The maximum absolute atomic E-state index is 12.4. The van der Waals surface area contributed by atoms with Crippen molar-refractivity contribution >= 4 is 25.5 Å². The molecule has 120 valence electrons. The fraction of sp³-hybridized carbons (Fsp3) is 0.500. The Hall–Kier alpha value is -1.16. The van der Waals surface area contributed by atoms with E-state index in [-0.39, 0.29) is 28.6 Å². The number of benzene rings is 1. The highest BCUT2D eigenvalue weighted by molar-refractivity contribution is 7.91. The van der Waals surface area contributed by atoms with Gasteiger partial charge in [-0.05, 0) is 25.1 Å². The number of likely N-dealkylation sites (N-methyl/N-ethyl adjacent to an activating group) is 1. The van der Waals surface area contributed by atoms with E-state index in [1.807, 2.05) is 6.92 Å². The van der Waals surface area contributed by atoms with Crippen LogP contribution in [0.4, 0.5) is 5.69 Å². The molecule has 9 heteroatoms. The minimum Gasteiger partial charge on any atom is -0.398 e. The Morgan fingerprint density at radius 1 is 1.24 bits per heavy atom. The van der Waals surface area contributed by atoms with Crippen LogP contribution in [0.2, 0.25) is 0 Å². The maximum atomic E-state index is 12.4. The van der Waals surface area contributed by atoms with Gasteiger partial charge in [-0.15, -0.1) is 0 Å². The summed E-state index contributed by atoms with van der Waals surface area (Å²) in [4.78, 5) is -0.307. The molecule has 0 aliphatic carbocycles. The number of sulfone groups is 1. The molecule has 0 bridgehead atoms. The molecule has 1 aromatic carbocycles. The first-order valence-corrected chi connectivity index (χ1v) is 9.57. The Bertz CT molecular complexity index is 698. The first-order chi connectivity index (χ1) is 9.60. The molecule has 0 aliphatic rings. The van der Waals surface area contributed by atoms with Gasteiger partial charge in [0.25, 0.3) is 0 Å². The van der Waals surface area contributed by atoms with Gasteiger partial charge in [-0.2, -0.15) is 4.31 Å². The summed E-state index contributed by atoms with van der Waals surface area (Å²) in [5.74, 6) is 0. The second-order valence-corrected chi connectivity index (χ2v) is 8.52. The van der Waals surface area contributed by atoms with Crippen LogP contribution >= 0.6 is 0 Å². The summed E-state index contributed by atoms with van der Waals surface area (Å²) in [6, 6.07) is 3.64. The number of nitrogens with two attached hydrogens (primary N) is 1. The summed E-state index contributed by atoms with van der Waals surface area (Å²) in [5.41, 5.74) is 5.68. The van der Waals surface area contributed by atoms with Crippen LogP contribution in [0.1, 0.15) is 6.92 Å². The van der Waals surface area contributed by atoms with Crippen LogP contribution in [0, 0.1) is 0 Å². The number of sulfonamides is 1. The summed E-state index contributed by atoms with van der Waals surface area (Å²) in [6.45, 7) is 2.69. The Morgan fingerprint density at radius 2 is 1.86 bits per heavy atom. The van der Waals surface area contributed by atoms with Crippen molar-refractivity contribution in [2.24, 2.45) is 0 Å². The standard InChI is InChI=1S/C12H20N2O5S2/c1-4-19-8-7-14(2)21(17,18)12-9-10(20(3,15)16)5-6-11(12)13/h5-6,9H,4,7-8,13H2,1-3H3. The molecule has 7 nitrogen and oxygen atoms in total. The Balaban J connectivity index is 3.19. The summed E-state index contributed by atoms with van der Waals surface area (Å²) >= 11 is 0. The van der Waals surface area contributed by atoms with Crippen molar-refractivity contribution < 1.29 is 21.6 Å². The topological polar surface area (TPSA) is 107 Å². The van der Waals surface area contributed by atoms with Crippen LogP contribution in [0.25, 0.3) is 0 Å². The Labute approximate surface area is 125 Å². The molecule has 0 amide bonds. The molecule has 21 heavy (non-hydrogen) atoms. The minimum atomic E-state index is -3.87. The van der Waals surface area contributed by atoms with Gasteiger partial charge in [0.15, 0.2) is 9.84 Å². The van der Waals surface area contributed by atoms with Crippen LogP contribution in [0.3, 0.4) is 0 Å². The van der Waals surface area contributed by atoms with E-state index in [1.54, 1.807) is 0 Å². The van der Waals surface area contributed by atoms with Crippen molar-refractivity contribution in [1.82, 2.24) is 4.31 Å². The zero-order valence-corrected chi connectivity index (χ0v) is 13.9. The summed E-state index contributed by atoms with van der Waals surface area (Å²) in [7, 11) is -5.99. The second kappa shape index (κ2) is 6.73. The number of hydrogen-bond acceptors (Lipinski definition) is 6. The third kappa shape index (κ3) is 4.40. The van der Waals surface area contributed by atoms with Crippen molar-refractivity contribution in [2.75, 3.05) is 38.8 Å². The van der Waals surface area contributed by atoms with Gasteiger partial charge in [0.2, 0.25) is 10.0 Å². The van der Waals surface area contributed by atoms with Gasteiger partial charge in [0.1, 0.15) is 4.90 Å². The number of rotatable bonds is 7. The van der Waals surface area contributed by atoms with Crippen LogP contribution in [0.15, 0.2) is 28.0 Å². The Morgan fingerprint density at radius 3 is 2.38 bits per heavy atom. The number of anilines is 1. The molecule has 0 heterocycles. The van der Waals surface area contributed by atoms with Crippen LogP contribution in [0.5, 0.6) is 0 Å². The normalized spacial score (nSPS) is 12.8. The zero-order chi connectivity index (χ0) is 16.3. The van der Waals surface area contributed by atoms with E-state index in [9.17, 15) is 16.8 Å². The first-order valence-electron chi connectivity index (χ1n) is 6.24. The highest BCUT2D eigenvalue weighted by Crippen LogP contribution is 2.25. The van der Waals surface area contributed by atoms with Gasteiger partial charge < -0.3 is 10.5 Å². The Kier molecular flexibility index (Phi) is 5.74. The van der Waals surface area contributed by atoms with Crippen molar-refractivity contribution in [3.8, 4) is 0 Å². The molecule has 1 aromatic rings. The number of nitrogens with zero attached hydrogens (tertiary/aromatic N) is 1. The van der Waals surface area contributed by atoms with E-state index in [0.29, 0.717) is 6.61 Å². The maximum Gasteiger partial charge on any atom is 0.244 e. The quantitative estimate of drug-likeness (QED) is 0.568. The van der Waals surface area contributed by atoms with Crippen molar-refractivity contribution in [3.63, 3.8) is 0 Å². The largest absolute Gasteiger partial charge is 0.398 e. The third-order valence-corrected chi connectivity index (χ3v) is 5.88. The van der Waals surface area contributed by atoms with E-state index >= 15 is 0 Å². The van der Waals surface area contributed by atoms with E-state index in [1.165, 1.54) is 19.2 Å². The van der Waals surface area contributed by atoms with E-state index in [2.05, 4.69) is 0 Å². The molecule has 0 spiro atoms. The van der Waals surface area contributed by atoms with Crippen molar-refractivity contribution in [1.29, 1.82) is 0 Å². The zero-order valence-electron chi connectivity index (χ0n) is 12.2. The number of hydrogen-bond donors (Lipinski definition) is 1. The van der Waals surface area contributed by atoms with Crippen LogP contribution < -0.4 is 5.73 Å². The van der Waals surface area contributed by atoms with Gasteiger partial charge in [-0.3, -0.25) is 0 Å². The van der Waals surface area contributed by atoms with E-state index < -0.39 is 19.9 Å². The fourth-order valence-corrected chi connectivity index (χ4v) is 3.61. The summed E-state index contributed by atoms with van der Waals surface area (Å²) < 4.78 is 54.1. The van der Waals surface area contributed by atoms with Gasteiger partial charge in [0, 0.05) is 26.5 Å². The first kappa shape index (κ1) is 17.9. The lowest BCUT2D eigenvalue weighted by Crippen LogP contribution is -2.31. The molecular weight excluding hydrogens is 316 g/mol. The van der Waals surface area contributed by atoms with E-state index in [4.69, 9.17) is 10.5 Å². The predicted molar refractivity (Wildman–Crippen MR) is 80.3 cm³/mol. The molecule has 2 N–H and O–H groups in total. The molecule has 1 rings (SSSR count). The number of nitrogen functional groups attached to an aromatic ring is 1.